The number of unbranched alkanes of at least 4 members (excludes halogenated alkanes) is 1. The van der Waals surface area contributed by atoms with Gasteiger partial charge in [0.1, 0.15) is 16.5 Å². The van der Waals surface area contributed by atoms with Crippen molar-refractivity contribution in [1.29, 1.82) is 0 Å². The van der Waals surface area contributed by atoms with Crippen LogP contribution in [0.1, 0.15) is 19.8 Å². The van der Waals surface area contributed by atoms with Gasteiger partial charge in [-0.05, 0) is 13.0 Å². The zero-order valence-corrected chi connectivity index (χ0v) is 12.6. The van der Waals surface area contributed by atoms with Crippen molar-refractivity contribution in [2.45, 2.75) is 59.0 Å². The molecule has 0 saturated carbocycles. The lowest BCUT2D eigenvalue weighted by Crippen LogP contribution is -2.59. The number of hydrogen-bond donors (Lipinski definition) is 0. The van der Waals surface area contributed by atoms with Crippen LogP contribution in [0.2, 0.25) is 39.3 Å². The summed E-state index contributed by atoms with van der Waals surface area (Å²) in [5.41, 5.74) is 0. The van der Waals surface area contributed by atoms with Crippen LogP contribution >= 0.6 is 0 Å². The molecule has 0 rings (SSSR count). The van der Waals surface area contributed by atoms with Crippen molar-refractivity contribution in [2.75, 3.05) is 6.54 Å². The zero-order valence-electron chi connectivity index (χ0n) is 10.6. The van der Waals surface area contributed by atoms with Crippen molar-refractivity contribution >= 4 is 16.5 Å². The van der Waals surface area contributed by atoms with Gasteiger partial charge in [-0.15, -0.1) is 0 Å². The number of nitrogens with zero attached hydrogens (tertiary/aromatic N) is 1. The van der Waals surface area contributed by atoms with E-state index in [0.717, 1.165) is 0 Å². The van der Waals surface area contributed by atoms with E-state index in [-0.39, 0.29) is 0 Å². The van der Waals surface area contributed by atoms with E-state index in [0.29, 0.717) is 0 Å². The average molecular weight is 218 g/mol. The predicted molar refractivity (Wildman–Crippen MR) is 68.3 cm³/mol. The third-order valence-corrected chi connectivity index (χ3v) is 10.1. The van der Waals surface area contributed by atoms with Gasteiger partial charge in [-0.25, -0.2) is 0 Å². The van der Waals surface area contributed by atoms with E-state index >= 15 is 0 Å². The summed E-state index contributed by atoms with van der Waals surface area (Å²) < 4.78 is 2.86. The van der Waals surface area contributed by atoms with E-state index in [4.69, 9.17) is 0 Å². The summed E-state index contributed by atoms with van der Waals surface area (Å²) in [6.07, 6.45) is 2.69. The van der Waals surface area contributed by atoms with Crippen molar-refractivity contribution in [3.8, 4) is 0 Å². The summed E-state index contributed by atoms with van der Waals surface area (Å²) >= 11 is 0. The zero-order chi connectivity index (χ0) is 10.7. The molecular formula is C10H27NSi2. The van der Waals surface area contributed by atoms with E-state index in [1.54, 1.807) is 0 Å². The van der Waals surface area contributed by atoms with Gasteiger partial charge in [0, 0.05) is 0 Å². The van der Waals surface area contributed by atoms with Crippen LogP contribution in [0, 0.1) is 0 Å². The number of rotatable bonds is 5. The summed E-state index contributed by atoms with van der Waals surface area (Å²) in [5.74, 6) is 0. The van der Waals surface area contributed by atoms with Crippen LogP contribution in [0.3, 0.4) is 0 Å². The molecule has 0 aliphatic heterocycles. The third-order valence-electron chi connectivity index (χ3n) is 2.35. The Labute approximate surface area is 86.7 Å². The van der Waals surface area contributed by atoms with Gasteiger partial charge in [-0.1, -0.05) is 52.6 Å². The summed E-state index contributed by atoms with van der Waals surface area (Å²) in [5, 5.41) is 0. The minimum Gasteiger partial charge on any atom is -0.346 e. The molecule has 0 N–H and O–H groups in total. The maximum absolute atomic E-state index is 2.86. The van der Waals surface area contributed by atoms with E-state index < -0.39 is 16.5 Å². The molecule has 0 aliphatic rings. The first-order valence-corrected chi connectivity index (χ1v) is 12.4. The highest BCUT2D eigenvalue weighted by Crippen LogP contribution is 2.19. The van der Waals surface area contributed by atoms with Gasteiger partial charge in [0.15, 0.2) is 0 Å². The molecule has 0 atom stereocenters. The fraction of sp³-hybridized carbons (Fsp3) is 1.00. The average Bonchev–Trinajstić information content (AvgIpc) is 1.81. The van der Waals surface area contributed by atoms with Crippen molar-refractivity contribution in [2.24, 2.45) is 0 Å². The van der Waals surface area contributed by atoms with Crippen LogP contribution in [0.25, 0.3) is 0 Å². The van der Waals surface area contributed by atoms with Crippen molar-refractivity contribution in [3.05, 3.63) is 0 Å². The number of hydrogen-bond acceptors (Lipinski definition) is 1. The Bertz CT molecular complexity index is 130. The Hall–Kier alpha value is 0.394. The summed E-state index contributed by atoms with van der Waals surface area (Å²) in [4.78, 5) is 0. The first-order chi connectivity index (χ1) is 5.69. The van der Waals surface area contributed by atoms with E-state index in [1.165, 1.54) is 19.4 Å². The largest absolute Gasteiger partial charge is 0.346 e. The molecule has 3 heteroatoms. The molecule has 0 aromatic carbocycles. The highest BCUT2D eigenvalue weighted by Gasteiger charge is 2.33. The monoisotopic (exact) mass is 217 g/mol. The van der Waals surface area contributed by atoms with Gasteiger partial charge in [0.2, 0.25) is 0 Å². The molecule has 0 aliphatic carbocycles. The molecule has 0 bridgehead atoms. The van der Waals surface area contributed by atoms with Crippen LogP contribution in [-0.2, 0) is 0 Å². The SMILES string of the molecule is CCCCN([Si](C)(C)C)[Si](C)(C)C. The van der Waals surface area contributed by atoms with Gasteiger partial charge in [-0.3, -0.25) is 0 Å². The first-order valence-electron chi connectivity index (χ1n) is 5.47. The van der Waals surface area contributed by atoms with E-state index in [9.17, 15) is 0 Å². The van der Waals surface area contributed by atoms with Gasteiger partial charge in [0.25, 0.3) is 0 Å². The quantitative estimate of drug-likeness (QED) is 0.634. The predicted octanol–water partition coefficient (Wildman–Crippen LogP) is 3.76. The summed E-state index contributed by atoms with van der Waals surface area (Å²) in [7, 11) is -2.13. The second-order valence-corrected chi connectivity index (χ2v) is 16.1. The Kier molecular flexibility index (Phi) is 4.90. The van der Waals surface area contributed by atoms with E-state index in [1.807, 2.05) is 0 Å². The second-order valence-electron chi connectivity index (χ2n) is 5.85. The van der Waals surface area contributed by atoms with Crippen LogP contribution < -0.4 is 0 Å². The molecule has 0 heterocycles. The molecule has 0 aromatic heterocycles. The smallest absolute Gasteiger partial charge is 0.112 e. The van der Waals surface area contributed by atoms with Crippen molar-refractivity contribution < 1.29 is 0 Å². The van der Waals surface area contributed by atoms with E-state index in [2.05, 4.69) is 50.4 Å². The molecule has 0 aromatic rings. The van der Waals surface area contributed by atoms with Crippen molar-refractivity contribution in [1.82, 2.24) is 4.23 Å². The molecule has 80 valence electrons. The first kappa shape index (κ1) is 13.4. The lowest BCUT2D eigenvalue weighted by atomic mass is 10.3. The molecule has 0 fully saturated rings. The molecular weight excluding hydrogens is 190 g/mol. The lowest BCUT2D eigenvalue weighted by Gasteiger charge is -2.43. The topological polar surface area (TPSA) is 3.24 Å². The molecule has 13 heavy (non-hydrogen) atoms. The Morgan fingerprint density at radius 3 is 1.46 bits per heavy atom. The maximum atomic E-state index is 2.86. The van der Waals surface area contributed by atoms with Crippen LogP contribution in [0.15, 0.2) is 0 Å². The standard InChI is InChI=1S/C10H27NSi2/c1-8-9-10-11(12(2,3)4)13(5,6)7/h8-10H2,1-7H3. The van der Waals surface area contributed by atoms with Crippen LogP contribution in [-0.4, -0.2) is 27.2 Å². The van der Waals surface area contributed by atoms with Gasteiger partial charge >= 0.3 is 0 Å². The normalized spacial score (nSPS) is 13.8. The third kappa shape index (κ3) is 4.98. The minimum atomic E-state index is -1.06. The van der Waals surface area contributed by atoms with Crippen LogP contribution in [0.5, 0.6) is 0 Å². The fourth-order valence-corrected chi connectivity index (χ4v) is 11.7. The van der Waals surface area contributed by atoms with Crippen LogP contribution in [0.4, 0.5) is 0 Å². The Morgan fingerprint density at radius 1 is 0.846 bits per heavy atom. The molecule has 0 radical (unpaired) electrons. The minimum absolute atomic E-state index is 1.06. The molecule has 1 nitrogen and oxygen atoms in total. The van der Waals surface area contributed by atoms with Gasteiger partial charge < -0.3 is 4.23 Å². The molecule has 0 saturated heterocycles. The lowest BCUT2D eigenvalue weighted by molar-refractivity contribution is 0.574. The highest BCUT2D eigenvalue weighted by molar-refractivity contribution is 6.89. The van der Waals surface area contributed by atoms with Crippen molar-refractivity contribution in [3.63, 3.8) is 0 Å². The summed E-state index contributed by atoms with van der Waals surface area (Å²) in [6.45, 7) is 18.5. The molecule has 0 spiro atoms. The Morgan fingerprint density at radius 2 is 1.23 bits per heavy atom. The molecule has 0 unspecified atom stereocenters. The molecule has 0 amide bonds. The Balaban J connectivity index is 4.39. The summed E-state index contributed by atoms with van der Waals surface area (Å²) in [6, 6.07) is 0. The maximum Gasteiger partial charge on any atom is 0.112 e. The van der Waals surface area contributed by atoms with Gasteiger partial charge in [-0.2, -0.15) is 0 Å². The van der Waals surface area contributed by atoms with Gasteiger partial charge in [0.05, 0.1) is 0 Å². The second kappa shape index (κ2) is 4.76. The highest BCUT2D eigenvalue weighted by atomic mass is 28.4. The fourth-order valence-electron chi connectivity index (χ4n) is 1.99.